The third kappa shape index (κ3) is 3.15. The Morgan fingerprint density at radius 1 is 0.875 bits per heavy atom. The Labute approximate surface area is 186 Å². The van der Waals surface area contributed by atoms with E-state index in [1.165, 1.54) is 4.90 Å². The number of hydrogen-bond donors (Lipinski definition) is 0. The zero-order valence-electron chi connectivity index (χ0n) is 18.2. The van der Waals surface area contributed by atoms with Gasteiger partial charge in [0.25, 0.3) is 5.91 Å². The van der Waals surface area contributed by atoms with Crippen LogP contribution in [0.3, 0.4) is 0 Å². The Balaban J connectivity index is 1.60. The number of hydrogen-bond acceptors (Lipinski definition) is 5. The third-order valence-electron chi connectivity index (χ3n) is 6.19. The zero-order valence-corrected chi connectivity index (χ0v) is 18.2. The number of imide groups is 1. The molecule has 3 aromatic carbocycles. The lowest BCUT2D eigenvalue weighted by molar-refractivity contribution is -0.126. The number of hydroxylamine groups is 1. The molecule has 3 atom stereocenters. The number of benzene rings is 3. The lowest BCUT2D eigenvalue weighted by atomic mass is 9.90. The van der Waals surface area contributed by atoms with Crippen LogP contribution in [0, 0.1) is 19.8 Å². The molecule has 6 heteroatoms. The molecule has 0 bridgehead atoms. The molecule has 0 spiro atoms. The van der Waals surface area contributed by atoms with Gasteiger partial charge in [0.1, 0.15) is 11.7 Å². The normalized spacial score (nSPS) is 22.4. The fourth-order valence-electron chi connectivity index (χ4n) is 4.60. The minimum absolute atomic E-state index is 0.248. The van der Waals surface area contributed by atoms with Crippen molar-refractivity contribution in [2.45, 2.75) is 26.0 Å². The monoisotopic (exact) mass is 428 g/mol. The summed E-state index contributed by atoms with van der Waals surface area (Å²) in [6, 6.07) is 22.3. The van der Waals surface area contributed by atoms with Crippen LogP contribution in [0.1, 0.15) is 22.7 Å². The Morgan fingerprint density at radius 3 is 2.31 bits per heavy atom. The van der Waals surface area contributed by atoms with E-state index < -0.39 is 18.1 Å². The molecule has 2 fully saturated rings. The summed E-state index contributed by atoms with van der Waals surface area (Å²) in [5, 5.41) is 1.73. The molecule has 0 aromatic heterocycles. The van der Waals surface area contributed by atoms with Gasteiger partial charge in [0.2, 0.25) is 5.91 Å². The highest BCUT2D eigenvalue weighted by Crippen LogP contribution is 2.48. The second-order valence-corrected chi connectivity index (χ2v) is 8.23. The van der Waals surface area contributed by atoms with Crippen LogP contribution in [0.4, 0.5) is 11.4 Å². The van der Waals surface area contributed by atoms with Crippen molar-refractivity contribution in [1.29, 1.82) is 0 Å². The van der Waals surface area contributed by atoms with Crippen molar-refractivity contribution < 1.29 is 19.2 Å². The van der Waals surface area contributed by atoms with Crippen LogP contribution in [0.25, 0.3) is 0 Å². The van der Waals surface area contributed by atoms with Crippen LogP contribution in [-0.2, 0) is 14.4 Å². The number of methoxy groups -OCH3 is 1. The average Bonchev–Trinajstić information content (AvgIpc) is 3.30. The summed E-state index contributed by atoms with van der Waals surface area (Å²) < 4.78 is 5.30. The van der Waals surface area contributed by atoms with Gasteiger partial charge in [-0.15, -0.1) is 0 Å². The molecule has 6 nitrogen and oxygen atoms in total. The molecule has 32 heavy (non-hydrogen) atoms. The molecule has 0 unspecified atom stereocenters. The highest BCUT2D eigenvalue weighted by atomic mass is 16.7. The van der Waals surface area contributed by atoms with Crippen LogP contribution in [0.15, 0.2) is 72.8 Å². The summed E-state index contributed by atoms with van der Waals surface area (Å²) >= 11 is 0. The van der Waals surface area contributed by atoms with Gasteiger partial charge in [0.05, 0.1) is 24.5 Å². The summed E-state index contributed by atoms with van der Waals surface area (Å²) in [6.07, 6.45) is -0.880. The topological polar surface area (TPSA) is 59.1 Å². The quantitative estimate of drug-likeness (QED) is 0.578. The van der Waals surface area contributed by atoms with E-state index in [0.29, 0.717) is 5.69 Å². The van der Waals surface area contributed by atoms with Gasteiger partial charge in [-0.1, -0.05) is 42.5 Å². The van der Waals surface area contributed by atoms with E-state index in [1.807, 2.05) is 80.6 Å². The van der Waals surface area contributed by atoms with Crippen molar-refractivity contribution in [3.05, 3.63) is 89.5 Å². The van der Waals surface area contributed by atoms with Crippen LogP contribution in [0.2, 0.25) is 0 Å². The molecule has 0 N–H and O–H groups in total. The summed E-state index contributed by atoms with van der Waals surface area (Å²) in [4.78, 5) is 34.5. The molecular weight excluding hydrogens is 404 g/mol. The predicted molar refractivity (Wildman–Crippen MR) is 121 cm³/mol. The summed E-state index contributed by atoms with van der Waals surface area (Å²) in [5.41, 5.74) is 4.28. The summed E-state index contributed by atoms with van der Waals surface area (Å²) in [6.45, 7) is 3.92. The smallest absolute Gasteiger partial charge is 0.266 e. The first kappa shape index (κ1) is 20.3. The molecule has 5 rings (SSSR count). The molecule has 2 aliphatic rings. The van der Waals surface area contributed by atoms with Gasteiger partial charge in [0, 0.05) is 0 Å². The van der Waals surface area contributed by atoms with Gasteiger partial charge in [-0.2, -0.15) is 0 Å². The number of carbonyl (C=O) groups is 2. The first-order valence-corrected chi connectivity index (χ1v) is 10.6. The molecule has 2 aliphatic heterocycles. The van der Waals surface area contributed by atoms with Crippen LogP contribution >= 0.6 is 0 Å². The Morgan fingerprint density at radius 2 is 1.62 bits per heavy atom. The number of nitrogens with zero attached hydrogens (tertiary/aromatic N) is 2. The standard InChI is InChI=1S/C26H24N2O4/c1-16-7-6-9-19(15-16)27-25(29)22-23(18-11-13-20(31-3)14-12-18)28(32-24(22)26(27)30)21-10-5-4-8-17(21)2/h4-15,22-24H,1-3H3/t22-,23+,24+/m1/s1. The molecular formula is C26H24N2O4. The molecule has 0 aliphatic carbocycles. The number of carbonyl (C=O) groups excluding carboxylic acids is 2. The molecule has 3 aromatic rings. The number of ether oxygens (including phenoxy) is 1. The third-order valence-corrected chi connectivity index (χ3v) is 6.19. The van der Waals surface area contributed by atoms with E-state index in [-0.39, 0.29) is 11.8 Å². The fraction of sp³-hybridized carbons (Fsp3) is 0.231. The van der Waals surface area contributed by atoms with Gasteiger partial charge in [-0.3, -0.25) is 14.4 Å². The lowest BCUT2D eigenvalue weighted by Crippen LogP contribution is -2.37. The van der Waals surface area contributed by atoms with Crippen molar-refractivity contribution in [3.63, 3.8) is 0 Å². The summed E-state index contributed by atoms with van der Waals surface area (Å²) in [5.74, 6) is -0.513. The first-order chi connectivity index (χ1) is 15.5. The van der Waals surface area contributed by atoms with E-state index in [1.54, 1.807) is 18.2 Å². The maximum absolute atomic E-state index is 13.7. The van der Waals surface area contributed by atoms with Crippen molar-refractivity contribution in [3.8, 4) is 5.75 Å². The Kier molecular flexibility index (Phi) is 4.94. The summed E-state index contributed by atoms with van der Waals surface area (Å²) in [7, 11) is 1.61. The van der Waals surface area contributed by atoms with Crippen LogP contribution < -0.4 is 14.7 Å². The fourth-order valence-corrected chi connectivity index (χ4v) is 4.60. The Hall–Kier alpha value is -3.64. The van der Waals surface area contributed by atoms with Gasteiger partial charge in [-0.05, 0) is 60.9 Å². The van der Waals surface area contributed by atoms with Crippen molar-refractivity contribution in [2.24, 2.45) is 5.92 Å². The minimum Gasteiger partial charge on any atom is -0.497 e. The number of para-hydroxylation sites is 1. The number of aryl methyl sites for hydroxylation is 2. The molecule has 2 amide bonds. The largest absolute Gasteiger partial charge is 0.497 e. The average molecular weight is 428 g/mol. The highest BCUT2D eigenvalue weighted by Gasteiger charge is 2.60. The van der Waals surface area contributed by atoms with Crippen LogP contribution in [0.5, 0.6) is 5.75 Å². The number of anilines is 2. The molecule has 0 radical (unpaired) electrons. The highest BCUT2D eigenvalue weighted by molar-refractivity contribution is 6.24. The van der Waals surface area contributed by atoms with E-state index in [0.717, 1.165) is 28.1 Å². The number of fused-ring (bicyclic) bond motifs is 1. The maximum Gasteiger partial charge on any atom is 0.266 e. The molecule has 2 heterocycles. The molecule has 2 saturated heterocycles. The van der Waals surface area contributed by atoms with Crippen molar-refractivity contribution in [2.75, 3.05) is 17.1 Å². The van der Waals surface area contributed by atoms with Gasteiger partial charge in [0.15, 0.2) is 6.10 Å². The van der Waals surface area contributed by atoms with E-state index in [2.05, 4.69) is 0 Å². The SMILES string of the molecule is COc1ccc([C@H]2[C@H]3C(=O)N(c4cccc(C)c4)C(=O)[C@H]3ON2c2ccccc2C)cc1. The minimum atomic E-state index is -0.880. The van der Waals surface area contributed by atoms with E-state index in [9.17, 15) is 9.59 Å². The van der Waals surface area contributed by atoms with Crippen molar-refractivity contribution >= 4 is 23.2 Å². The lowest BCUT2D eigenvalue weighted by Gasteiger charge is -2.30. The van der Waals surface area contributed by atoms with Gasteiger partial charge >= 0.3 is 0 Å². The zero-order chi connectivity index (χ0) is 22.4. The predicted octanol–water partition coefficient (Wildman–Crippen LogP) is 4.36. The van der Waals surface area contributed by atoms with Crippen molar-refractivity contribution in [1.82, 2.24) is 0 Å². The second-order valence-electron chi connectivity index (χ2n) is 8.23. The maximum atomic E-state index is 13.7. The van der Waals surface area contributed by atoms with E-state index in [4.69, 9.17) is 9.57 Å². The number of amides is 2. The first-order valence-electron chi connectivity index (χ1n) is 10.6. The number of rotatable bonds is 4. The van der Waals surface area contributed by atoms with Gasteiger partial charge in [-0.25, -0.2) is 9.96 Å². The van der Waals surface area contributed by atoms with E-state index >= 15 is 0 Å². The molecule has 162 valence electrons. The molecule has 0 saturated carbocycles. The van der Waals surface area contributed by atoms with Crippen LogP contribution in [-0.4, -0.2) is 25.0 Å². The van der Waals surface area contributed by atoms with Gasteiger partial charge < -0.3 is 4.74 Å². The Bertz CT molecular complexity index is 1190. The second kappa shape index (κ2) is 7.80.